The smallest absolute Gasteiger partial charge is 0.240 e. The number of benzene rings is 2. The molecule has 1 unspecified atom stereocenters. The van der Waals surface area contributed by atoms with Crippen molar-refractivity contribution in [3.05, 3.63) is 78.9 Å². The number of rotatable bonds is 7. The lowest BCUT2D eigenvalue weighted by molar-refractivity contribution is 0.0860. The molecule has 0 fully saturated rings. The van der Waals surface area contributed by atoms with Crippen LogP contribution < -0.4 is 10.4 Å². The fourth-order valence-corrected chi connectivity index (χ4v) is 5.85. The van der Waals surface area contributed by atoms with Crippen molar-refractivity contribution < 1.29 is 8.82 Å². The number of aryl methyl sites for hydroxylation is 1. The molecule has 3 rings (SSSR count). The van der Waals surface area contributed by atoms with Gasteiger partial charge in [-0.05, 0) is 15.8 Å². The predicted octanol–water partition coefficient (Wildman–Crippen LogP) is 3.49. The lowest BCUT2D eigenvalue weighted by Crippen LogP contribution is -2.47. The second kappa shape index (κ2) is 8.63. The highest BCUT2D eigenvalue weighted by Gasteiger charge is 2.33. The molecule has 142 valence electrons. The first kappa shape index (κ1) is 19.5. The first-order valence-corrected chi connectivity index (χ1v) is 10.9. The van der Waals surface area contributed by atoms with Crippen molar-refractivity contribution in [3.8, 4) is 0 Å². The minimum absolute atomic E-state index is 0.135. The third-order valence-electron chi connectivity index (χ3n) is 4.53. The van der Waals surface area contributed by atoms with Gasteiger partial charge in [0.15, 0.2) is 0 Å². The molecule has 1 atom stereocenters. The molecule has 0 aliphatic heterocycles. The second-order valence-electron chi connectivity index (χ2n) is 7.81. The molecular weight excluding hydrogens is 355 g/mol. The molecule has 5 heteroatoms. The third-order valence-corrected chi connectivity index (χ3v) is 7.05. The van der Waals surface area contributed by atoms with Crippen LogP contribution in [0, 0.1) is 5.41 Å². The van der Waals surface area contributed by atoms with Gasteiger partial charge in [-0.1, -0.05) is 81.4 Å². The first-order valence-electron chi connectivity index (χ1n) is 9.32. The van der Waals surface area contributed by atoms with Crippen molar-refractivity contribution in [1.29, 1.82) is 0 Å². The van der Waals surface area contributed by atoms with E-state index in [-0.39, 0.29) is 11.5 Å². The average molecular weight is 383 g/mol. The van der Waals surface area contributed by atoms with Gasteiger partial charge in [0.25, 0.3) is 0 Å². The van der Waals surface area contributed by atoms with Crippen LogP contribution in [-0.2, 0) is 11.0 Å². The maximum Gasteiger partial charge on any atom is 0.240 e. The van der Waals surface area contributed by atoms with Crippen LogP contribution >= 0.6 is 0 Å². The van der Waals surface area contributed by atoms with Crippen LogP contribution in [0.5, 0.6) is 0 Å². The SMILES string of the molecule is CC(C)(C)C(O[SiH](c1ccccc1)c1ccccc1)c1cn(CCF)cn1. The van der Waals surface area contributed by atoms with Gasteiger partial charge in [-0.25, -0.2) is 9.37 Å². The highest BCUT2D eigenvalue weighted by Crippen LogP contribution is 2.35. The molecule has 3 nitrogen and oxygen atoms in total. The summed E-state index contributed by atoms with van der Waals surface area (Å²) in [6.45, 7) is 6.40. The normalized spacial score (nSPS) is 13.1. The summed E-state index contributed by atoms with van der Waals surface area (Å²) in [6.07, 6.45) is 3.44. The number of halogens is 1. The molecule has 0 spiro atoms. The summed E-state index contributed by atoms with van der Waals surface area (Å²) in [5.74, 6) is 0. The van der Waals surface area contributed by atoms with Crippen LogP contribution in [0.2, 0.25) is 0 Å². The van der Waals surface area contributed by atoms with Gasteiger partial charge >= 0.3 is 0 Å². The van der Waals surface area contributed by atoms with Gasteiger partial charge in [0.2, 0.25) is 9.04 Å². The maximum absolute atomic E-state index is 12.7. The number of nitrogens with zero attached hydrogens (tertiary/aromatic N) is 2. The summed E-state index contributed by atoms with van der Waals surface area (Å²) in [5.41, 5.74) is 0.726. The zero-order valence-corrected chi connectivity index (χ0v) is 17.3. The Morgan fingerprint density at radius 1 is 1.00 bits per heavy atom. The predicted molar refractivity (Wildman–Crippen MR) is 111 cm³/mol. The highest BCUT2D eigenvalue weighted by molar-refractivity contribution is 6.80. The zero-order chi connectivity index (χ0) is 19.3. The Morgan fingerprint density at radius 2 is 1.56 bits per heavy atom. The molecule has 3 aromatic rings. The van der Waals surface area contributed by atoms with Crippen molar-refractivity contribution in [2.75, 3.05) is 6.67 Å². The van der Waals surface area contributed by atoms with E-state index < -0.39 is 15.7 Å². The van der Waals surface area contributed by atoms with Gasteiger partial charge in [0.1, 0.15) is 6.67 Å². The molecule has 0 saturated heterocycles. The van der Waals surface area contributed by atoms with E-state index in [0.717, 1.165) is 5.69 Å². The third kappa shape index (κ3) is 4.93. The fourth-order valence-electron chi connectivity index (χ4n) is 3.19. The quantitative estimate of drug-likeness (QED) is 0.585. The standard InChI is InChI=1S/C22H27FN2OSi/c1-22(2,3)21(20-16-25(15-14-23)17-24-20)26-27(18-10-6-4-7-11-18)19-12-8-5-9-13-19/h4-13,16-17,21,27H,14-15H2,1-3H3. The number of hydrogen-bond donors (Lipinski definition) is 0. The maximum atomic E-state index is 12.7. The van der Waals surface area contributed by atoms with Crippen LogP contribution in [0.3, 0.4) is 0 Å². The molecule has 1 aromatic heterocycles. The molecule has 2 aromatic carbocycles. The summed E-state index contributed by atoms with van der Waals surface area (Å²) in [7, 11) is -1.91. The Kier molecular flexibility index (Phi) is 6.24. The van der Waals surface area contributed by atoms with E-state index in [4.69, 9.17) is 4.43 Å². The molecular formula is C22H27FN2OSi. The lowest BCUT2D eigenvalue weighted by atomic mass is 9.87. The summed E-state index contributed by atoms with van der Waals surface area (Å²) in [4.78, 5) is 4.54. The van der Waals surface area contributed by atoms with Crippen molar-refractivity contribution >= 4 is 19.4 Å². The van der Waals surface area contributed by atoms with Crippen molar-refractivity contribution in [3.63, 3.8) is 0 Å². The molecule has 0 aliphatic carbocycles. The molecule has 0 radical (unpaired) electrons. The van der Waals surface area contributed by atoms with Crippen LogP contribution in [0.1, 0.15) is 32.6 Å². The van der Waals surface area contributed by atoms with Crippen LogP contribution in [0.15, 0.2) is 73.2 Å². The Hall–Kier alpha value is -2.24. The summed E-state index contributed by atoms with van der Waals surface area (Å²) < 4.78 is 21.3. The number of hydrogen-bond acceptors (Lipinski definition) is 2. The van der Waals surface area contributed by atoms with Gasteiger partial charge in [0, 0.05) is 6.20 Å². The highest BCUT2D eigenvalue weighted by atomic mass is 28.3. The van der Waals surface area contributed by atoms with E-state index in [1.165, 1.54) is 10.4 Å². The van der Waals surface area contributed by atoms with E-state index in [1.54, 1.807) is 10.9 Å². The average Bonchev–Trinajstić information content (AvgIpc) is 3.11. The zero-order valence-electron chi connectivity index (χ0n) is 16.2. The van der Waals surface area contributed by atoms with Crippen LogP contribution in [-0.4, -0.2) is 25.3 Å². The number of aromatic nitrogens is 2. The summed E-state index contributed by atoms with van der Waals surface area (Å²) in [6, 6.07) is 20.9. The van der Waals surface area contributed by atoms with Gasteiger partial charge in [0.05, 0.1) is 24.7 Å². The van der Waals surface area contributed by atoms with Gasteiger partial charge < -0.3 is 8.99 Å². The Labute approximate surface area is 162 Å². The van der Waals surface area contributed by atoms with E-state index in [2.05, 4.69) is 74.3 Å². The molecule has 0 bridgehead atoms. The van der Waals surface area contributed by atoms with Gasteiger partial charge in [-0.15, -0.1) is 0 Å². The molecule has 1 heterocycles. The number of imidazole rings is 1. The van der Waals surface area contributed by atoms with Gasteiger partial charge in [-0.2, -0.15) is 0 Å². The van der Waals surface area contributed by atoms with E-state index in [0.29, 0.717) is 6.54 Å². The monoisotopic (exact) mass is 382 g/mol. The second-order valence-corrected chi connectivity index (χ2v) is 10.2. The van der Waals surface area contributed by atoms with Crippen LogP contribution in [0.4, 0.5) is 4.39 Å². The minimum atomic E-state index is -1.91. The van der Waals surface area contributed by atoms with Crippen molar-refractivity contribution in [2.24, 2.45) is 5.41 Å². The Bertz CT molecular complexity index is 791. The topological polar surface area (TPSA) is 27.1 Å². The lowest BCUT2D eigenvalue weighted by Gasteiger charge is -2.33. The van der Waals surface area contributed by atoms with Crippen molar-refractivity contribution in [1.82, 2.24) is 9.55 Å². The fraction of sp³-hybridized carbons (Fsp3) is 0.318. The van der Waals surface area contributed by atoms with E-state index in [1.807, 2.05) is 18.3 Å². The Morgan fingerprint density at radius 3 is 2.04 bits per heavy atom. The summed E-state index contributed by atoms with van der Waals surface area (Å²) >= 11 is 0. The summed E-state index contributed by atoms with van der Waals surface area (Å²) in [5, 5.41) is 2.47. The molecule has 0 amide bonds. The first-order chi connectivity index (χ1) is 13.0. The largest absolute Gasteiger partial charge is 0.402 e. The molecule has 0 aliphatic rings. The molecule has 0 N–H and O–H groups in total. The Balaban J connectivity index is 1.97. The van der Waals surface area contributed by atoms with E-state index >= 15 is 0 Å². The van der Waals surface area contributed by atoms with Gasteiger partial charge in [-0.3, -0.25) is 0 Å². The minimum Gasteiger partial charge on any atom is -0.402 e. The molecule has 0 saturated carbocycles. The number of alkyl halides is 1. The molecule has 27 heavy (non-hydrogen) atoms. The van der Waals surface area contributed by atoms with E-state index in [9.17, 15) is 4.39 Å². The van der Waals surface area contributed by atoms with Crippen LogP contribution in [0.25, 0.3) is 0 Å². The van der Waals surface area contributed by atoms with Crippen molar-refractivity contribution in [2.45, 2.75) is 33.4 Å².